The van der Waals surface area contributed by atoms with E-state index >= 15 is 0 Å². The molecule has 1 saturated heterocycles. The standard InChI is InChI=1S/C24H32N4O2/c1-3-4-5-6-23(29)28-17-15-27(16-18-28)22-13-11-21(12-14-22)26-24(30)25-20-9-7-19(2)8-10-20/h7-14H,3-6,15-18H2,1-2H3,(H2,25,26,30). The van der Waals surface area contributed by atoms with Gasteiger partial charge in [0.2, 0.25) is 5.91 Å². The van der Waals surface area contributed by atoms with E-state index in [9.17, 15) is 9.59 Å². The van der Waals surface area contributed by atoms with Crippen LogP contribution in [0.4, 0.5) is 21.9 Å². The van der Waals surface area contributed by atoms with Crippen molar-refractivity contribution in [1.82, 2.24) is 4.90 Å². The highest BCUT2D eigenvalue weighted by Crippen LogP contribution is 2.20. The van der Waals surface area contributed by atoms with E-state index in [0.29, 0.717) is 6.42 Å². The molecule has 1 aliphatic rings. The number of hydrogen-bond donors (Lipinski definition) is 2. The van der Waals surface area contributed by atoms with Crippen molar-refractivity contribution in [3.05, 3.63) is 54.1 Å². The molecule has 2 aromatic carbocycles. The minimum Gasteiger partial charge on any atom is -0.368 e. The highest BCUT2D eigenvalue weighted by molar-refractivity contribution is 5.99. The maximum absolute atomic E-state index is 12.3. The molecule has 1 aliphatic heterocycles. The van der Waals surface area contributed by atoms with E-state index in [-0.39, 0.29) is 11.9 Å². The Hall–Kier alpha value is -3.02. The number of unbranched alkanes of at least 4 members (excludes halogenated alkanes) is 2. The van der Waals surface area contributed by atoms with E-state index in [2.05, 4.69) is 22.5 Å². The largest absolute Gasteiger partial charge is 0.368 e. The van der Waals surface area contributed by atoms with Crippen molar-refractivity contribution in [2.75, 3.05) is 41.7 Å². The molecule has 0 bridgehead atoms. The second-order valence-electron chi connectivity index (χ2n) is 7.82. The number of hydrogen-bond acceptors (Lipinski definition) is 3. The van der Waals surface area contributed by atoms with Gasteiger partial charge >= 0.3 is 6.03 Å². The first-order chi connectivity index (χ1) is 14.5. The van der Waals surface area contributed by atoms with Crippen molar-refractivity contribution in [3.63, 3.8) is 0 Å². The number of benzene rings is 2. The quantitative estimate of drug-likeness (QED) is 0.643. The Balaban J connectivity index is 1.46. The number of carbonyl (C=O) groups is 2. The summed E-state index contributed by atoms with van der Waals surface area (Å²) in [6.07, 6.45) is 3.91. The number of rotatable bonds is 7. The van der Waals surface area contributed by atoms with Crippen LogP contribution in [0.2, 0.25) is 0 Å². The third-order valence-corrected chi connectivity index (χ3v) is 5.43. The van der Waals surface area contributed by atoms with Gasteiger partial charge in [-0.2, -0.15) is 0 Å². The fourth-order valence-corrected chi connectivity index (χ4v) is 3.58. The molecule has 30 heavy (non-hydrogen) atoms. The topological polar surface area (TPSA) is 64.7 Å². The molecule has 160 valence electrons. The number of anilines is 3. The average Bonchev–Trinajstić information content (AvgIpc) is 2.76. The van der Waals surface area contributed by atoms with Gasteiger partial charge in [-0.25, -0.2) is 4.79 Å². The van der Waals surface area contributed by atoms with E-state index in [0.717, 1.165) is 68.1 Å². The first-order valence-electron chi connectivity index (χ1n) is 10.8. The summed E-state index contributed by atoms with van der Waals surface area (Å²) in [5, 5.41) is 5.69. The van der Waals surface area contributed by atoms with Gasteiger partial charge in [-0.05, 0) is 49.7 Å². The number of aryl methyl sites for hydroxylation is 1. The maximum Gasteiger partial charge on any atom is 0.323 e. The van der Waals surface area contributed by atoms with Gasteiger partial charge < -0.3 is 20.4 Å². The van der Waals surface area contributed by atoms with Crippen LogP contribution < -0.4 is 15.5 Å². The molecular formula is C24H32N4O2. The zero-order valence-electron chi connectivity index (χ0n) is 18.0. The van der Waals surface area contributed by atoms with Gasteiger partial charge in [-0.1, -0.05) is 37.5 Å². The minimum absolute atomic E-state index is 0.262. The van der Waals surface area contributed by atoms with Crippen LogP contribution in [-0.2, 0) is 4.79 Å². The van der Waals surface area contributed by atoms with Crippen molar-refractivity contribution in [3.8, 4) is 0 Å². The average molecular weight is 409 g/mol. The Morgan fingerprint density at radius 1 is 0.833 bits per heavy atom. The van der Waals surface area contributed by atoms with Crippen LogP contribution in [0.25, 0.3) is 0 Å². The van der Waals surface area contributed by atoms with Crippen LogP contribution in [0.15, 0.2) is 48.5 Å². The Kier molecular flexibility index (Phi) is 7.71. The molecule has 0 spiro atoms. The third kappa shape index (κ3) is 6.24. The second kappa shape index (κ2) is 10.7. The van der Waals surface area contributed by atoms with Crippen molar-refractivity contribution in [2.24, 2.45) is 0 Å². The molecule has 0 saturated carbocycles. The van der Waals surface area contributed by atoms with E-state index in [1.54, 1.807) is 0 Å². The van der Waals surface area contributed by atoms with Gasteiger partial charge in [0, 0.05) is 49.7 Å². The first kappa shape index (κ1) is 21.7. The number of carbonyl (C=O) groups excluding carboxylic acids is 2. The first-order valence-corrected chi connectivity index (χ1v) is 10.8. The maximum atomic E-state index is 12.3. The SMILES string of the molecule is CCCCCC(=O)N1CCN(c2ccc(NC(=O)Nc3ccc(C)cc3)cc2)CC1. The molecule has 0 radical (unpaired) electrons. The van der Waals surface area contributed by atoms with Gasteiger partial charge in [0.05, 0.1) is 0 Å². The summed E-state index contributed by atoms with van der Waals surface area (Å²) in [6, 6.07) is 15.3. The molecule has 3 amide bonds. The van der Waals surface area contributed by atoms with Crippen molar-refractivity contribution >= 4 is 29.0 Å². The summed E-state index contributed by atoms with van der Waals surface area (Å²) < 4.78 is 0. The monoisotopic (exact) mass is 408 g/mol. The van der Waals surface area contributed by atoms with E-state index in [4.69, 9.17) is 0 Å². The van der Waals surface area contributed by atoms with Gasteiger partial charge in [0.1, 0.15) is 0 Å². The lowest BCUT2D eigenvalue weighted by Gasteiger charge is -2.36. The summed E-state index contributed by atoms with van der Waals surface area (Å²) in [4.78, 5) is 28.7. The molecule has 0 atom stereocenters. The normalized spacial score (nSPS) is 13.8. The number of nitrogens with zero attached hydrogens (tertiary/aromatic N) is 2. The van der Waals surface area contributed by atoms with E-state index in [1.165, 1.54) is 0 Å². The van der Waals surface area contributed by atoms with Crippen LogP contribution in [0.3, 0.4) is 0 Å². The minimum atomic E-state index is -0.262. The summed E-state index contributed by atoms with van der Waals surface area (Å²) >= 11 is 0. The van der Waals surface area contributed by atoms with Gasteiger partial charge in [0.25, 0.3) is 0 Å². The lowest BCUT2D eigenvalue weighted by atomic mass is 10.1. The zero-order valence-corrected chi connectivity index (χ0v) is 18.0. The fourth-order valence-electron chi connectivity index (χ4n) is 3.58. The number of amides is 3. The predicted molar refractivity (Wildman–Crippen MR) is 123 cm³/mol. The molecule has 2 N–H and O–H groups in total. The molecule has 0 aliphatic carbocycles. The smallest absolute Gasteiger partial charge is 0.323 e. The van der Waals surface area contributed by atoms with E-state index in [1.807, 2.05) is 60.4 Å². The molecule has 6 nitrogen and oxygen atoms in total. The number of piperazine rings is 1. The predicted octanol–water partition coefficient (Wildman–Crippen LogP) is 4.87. The summed E-state index contributed by atoms with van der Waals surface area (Å²) in [6.45, 7) is 7.37. The molecule has 1 fully saturated rings. The molecule has 1 heterocycles. The molecule has 0 unspecified atom stereocenters. The Bertz CT molecular complexity index is 825. The van der Waals surface area contributed by atoms with Crippen molar-refractivity contribution in [2.45, 2.75) is 39.5 Å². The highest BCUT2D eigenvalue weighted by Gasteiger charge is 2.20. The fraction of sp³-hybridized carbons (Fsp3) is 0.417. The highest BCUT2D eigenvalue weighted by atomic mass is 16.2. The molecule has 2 aromatic rings. The molecule has 0 aromatic heterocycles. The lowest BCUT2D eigenvalue weighted by Crippen LogP contribution is -2.48. The molecular weight excluding hydrogens is 376 g/mol. The molecule has 6 heteroatoms. The van der Waals surface area contributed by atoms with Crippen LogP contribution in [0.1, 0.15) is 38.2 Å². The van der Waals surface area contributed by atoms with Crippen LogP contribution in [0.5, 0.6) is 0 Å². The third-order valence-electron chi connectivity index (χ3n) is 5.43. The summed E-state index contributed by atoms with van der Waals surface area (Å²) in [5.41, 5.74) is 3.76. The molecule has 3 rings (SSSR count). The number of nitrogens with one attached hydrogen (secondary N) is 2. The van der Waals surface area contributed by atoms with Crippen molar-refractivity contribution < 1.29 is 9.59 Å². The summed E-state index contributed by atoms with van der Waals surface area (Å²) in [5.74, 6) is 0.280. The lowest BCUT2D eigenvalue weighted by molar-refractivity contribution is -0.131. The Labute approximate surface area is 179 Å². The van der Waals surface area contributed by atoms with Crippen molar-refractivity contribution in [1.29, 1.82) is 0 Å². The summed E-state index contributed by atoms with van der Waals surface area (Å²) in [7, 11) is 0. The second-order valence-corrected chi connectivity index (χ2v) is 7.82. The number of urea groups is 1. The van der Waals surface area contributed by atoms with Gasteiger partial charge in [-0.15, -0.1) is 0 Å². The van der Waals surface area contributed by atoms with E-state index < -0.39 is 0 Å². The zero-order chi connectivity index (χ0) is 21.3. The van der Waals surface area contributed by atoms with Crippen LogP contribution >= 0.6 is 0 Å². The Morgan fingerprint density at radius 3 is 1.97 bits per heavy atom. The Morgan fingerprint density at radius 2 is 1.40 bits per heavy atom. The van der Waals surface area contributed by atoms with Gasteiger partial charge in [0.15, 0.2) is 0 Å². The van der Waals surface area contributed by atoms with Crippen LogP contribution in [0, 0.1) is 6.92 Å². The van der Waals surface area contributed by atoms with Gasteiger partial charge in [-0.3, -0.25) is 4.79 Å². The van der Waals surface area contributed by atoms with Crippen LogP contribution in [-0.4, -0.2) is 43.0 Å².